The van der Waals surface area contributed by atoms with Gasteiger partial charge < -0.3 is 11.1 Å². The molecule has 3 heteroatoms. The minimum atomic E-state index is -0.332. The van der Waals surface area contributed by atoms with E-state index in [1.54, 1.807) is 0 Å². The van der Waals surface area contributed by atoms with E-state index in [9.17, 15) is 4.79 Å². The number of hydrogen-bond donors (Lipinski definition) is 2. The van der Waals surface area contributed by atoms with Crippen LogP contribution in [0.2, 0.25) is 0 Å². The summed E-state index contributed by atoms with van der Waals surface area (Å²) in [5, 5.41) is 2.95. The zero-order valence-corrected chi connectivity index (χ0v) is 11.4. The van der Waals surface area contributed by atoms with Crippen molar-refractivity contribution in [1.82, 2.24) is 5.32 Å². The maximum absolute atomic E-state index is 11.6. The van der Waals surface area contributed by atoms with Gasteiger partial charge in [0.2, 0.25) is 5.91 Å². The van der Waals surface area contributed by atoms with E-state index in [0.717, 1.165) is 25.3 Å². The van der Waals surface area contributed by atoms with Crippen LogP contribution < -0.4 is 11.1 Å². The molecule has 0 unspecified atom stereocenters. The van der Waals surface area contributed by atoms with E-state index >= 15 is 0 Å². The number of hydrogen-bond acceptors (Lipinski definition) is 2. The Balaban J connectivity index is 2.02. The summed E-state index contributed by atoms with van der Waals surface area (Å²) in [6, 6.07) is -0.332. The highest BCUT2D eigenvalue weighted by molar-refractivity contribution is 5.81. The van der Waals surface area contributed by atoms with Gasteiger partial charge in [0.05, 0.1) is 6.04 Å². The lowest BCUT2D eigenvalue weighted by molar-refractivity contribution is -0.122. The predicted octanol–water partition coefficient (Wildman–Crippen LogP) is 2.45. The van der Waals surface area contributed by atoms with E-state index in [0.29, 0.717) is 5.92 Å². The van der Waals surface area contributed by atoms with Crippen LogP contribution in [0.4, 0.5) is 0 Å². The van der Waals surface area contributed by atoms with Crippen LogP contribution >= 0.6 is 0 Å². The number of rotatable bonds is 7. The molecule has 0 aromatic carbocycles. The van der Waals surface area contributed by atoms with Crippen molar-refractivity contribution in [3.63, 3.8) is 0 Å². The van der Waals surface area contributed by atoms with Crippen LogP contribution in [0.5, 0.6) is 0 Å². The number of carbonyl (C=O) groups excluding carboxylic acids is 1. The summed E-state index contributed by atoms with van der Waals surface area (Å²) in [5.41, 5.74) is 5.81. The van der Waals surface area contributed by atoms with Crippen LogP contribution in [0, 0.1) is 11.8 Å². The van der Waals surface area contributed by atoms with Gasteiger partial charge in [0, 0.05) is 6.54 Å². The third-order valence-corrected chi connectivity index (χ3v) is 3.63. The molecule has 1 amide bonds. The van der Waals surface area contributed by atoms with Crippen molar-refractivity contribution in [3.05, 3.63) is 0 Å². The van der Waals surface area contributed by atoms with E-state index in [4.69, 9.17) is 5.73 Å². The van der Waals surface area contributed by atoms with Crippen LogP contribution in [0.1, 0.15) is 58.8 Å². The molecule has 1 fully saturated rings. The highest BCUT2D eigenvalue weighted by Crippen LogP contribution is 2.28. The third kappa shape index (κ3) is 6.06. The van der Waals surface area contributed by atoms with Gasteiger partial charge >= 0.3 is 0 Å². The summed E-state index contributed by atoms with van der Waals surface area (Å²) in [4.78, 5) is 11.6. The second-order valence-corrected chi connectivity index (χ2v) is 5.82. The van der Waals surface area contributed by atoms with Crippen molar-refractivity contribution in [3.8, 4) is 0 Å². The Morgan fingerprint density at radius 2 is 2.00 bits per heavy atom. The summed E-state index contributed by atoms with van der Waals surface area (Å²) in [7, 11) is 0. The van der Waals surface area contributed by atoms with Crippen molar-refractivity contribution < 1.29 is 4.79 Å². The summed E-state index contributed by atoms with van der Waals surface area (Å²) in [5.74, 6) is 1.41. The van der Waals surface area contributed by atoms with E-state index in [-0.39, 0.29) is 11.9 Å². The first-order valence-electron chi connectivity index (χ1n) is 7.13. The molecular formula is C14H28N2O. The first-order chi connectivity index (χ1) is 8.09. The smallest absolute Gasteiger partial charge is 0.236 e. The van der Waals surface area contributed by atoms with Gasteiger partial charge in [-0.3, -0.25) is 4.79 Å². The van der Waals surface area contributed by atoms with E-state index < -0.39 is 0 Å². The van der Waals surface area contributed by atoms with Gasteiger partial charge in [0.1, 0.15) is 0 Å². The van der Waals surface area contributed by atoms with Gasteiger partial charge in [-0.25, -0.2) is 0 Å². The fourth-order valence-electron chi connectivity index (χ4n) is 2.65. The van der Waals surface area contributed by atoms with Gasteiger partial charge in [-0.05, 0) is 31.1 Å². The minimum Gasteiger partial charge on any atom is -0.355 e. The van der Waals surface area contributed by atoms with Crippen LogP contribution in [0.15, 0.2) is 0 Å². The molecule has 1 aliphatic rings. The van der Waals surface area contributed by atoms with Crippen LogP contribution in [-0.2, 0) is 4.79 Å². The van der Waals surface area contributed by atoms with E-state index in [1.807, 2.05) is 0 Å². The van der Waals surface area contributed by atoms with Crippen molar-refractivity contribution >= 4 is 5.91 Å². The molecule has 0 heterocycles. The summed E-state index contributed by atoms with van der Waals surface area (Å²) in [6.07, 6.45) is 8.72. The molecule has 1 rings (SSSR count). The number of amides is 1. The van der Waals surface area contributed by atoms with Gasteiger partial charge in [-0.2, -0.15) is 0 Å². The zero-order chi connectivity index (χ0) is 12.7. The fraction of sp³-hybridized carbons (Fsp3) is 0.929. The molecule has 0 aromatic heterocycles. The lowest BCUT2D eigenvalue weighted by Gasteiger charge is -2.14. The topological polar surface area (TPSA) is 55.1 Å². The maximum atomic E-state index is 11.6. The average molecular weight is 240 g/mol. The first kappa shape index (κ1) is 14.5. The average Bonchev–Trinajstić information content (AvgIpc) is 2.75. The van der Waals surface area contributed by atoms with E-state index in [1.165, 1.54) is 32.1 Å². The first-order valence-corrected chi connectivity index (χ1v) is 7.13. The summed E-state index contributed by atoms with van der Waals surface area (Å²) >= 11 is 0. The number of nitrogens with two attached hydrogens (primary N) is 1. The molecule has 0 spiro atoms. The van der Waals surface area contributed by atoms with Crippen LogP contribution in [-0.4, -0.2) is 18.5 Å². The number of nitrogens with one attached hydrogen (secondary N) is 1. The Hall–Kier alpha value is -0.570. The largest absolute Gasteiger partial charge is 0.355 e. The molecular weight excluding hydrogens is 212 g/mol. The molecule has 1 atom stereocenters. The molecule has 3 nitrogen and oxygen atoms in total. The van der Waals surface area contributed by atoms with Gasteiger partial charge in [0.25, 0.3) is 0 Å². The molecule has 17 heavy (non-hydrogen) atoms. The van der Waals surface area contributed by atoms with Crippen molar-refractivity contribution in [2.24, 2.45) is 17.6 Å². The molecule has 0 aromatic rings. The predicted molar refractivity (Wildman–Crippen MR) is 71.6 cm³/mol. The minimum absolute atomic E-state index is 0.0186. The van der Waals surface area contributed by atoms with Crippen LogP contribution in [0.25, 0.3) is 0 Å². The highest BCUT2D eigenvalue weighted by atomic mass is 16.2. The molecule has 1 saturated carbocycles. The summed E-state index contributed by atoms with van der Waals surface area (Å²) in [6.45, 7) is 4.97. The molecule has 100 valence electrons. The Labute approximate surface area is 106 Å². The quantitative estimate of drug-likeness (QED) is 0.672. The fourth-order valence-corrected chi connectivity index (χ4v) is 2.65. The van der Waals surface area contributed by atoms with Crippen molar-refractivity contribution in [2.75, 3.05) is 6.54 Å². The normalized spacial score (nSPS) is 18.6. The van der Waals surface area contributed by atoms with Crippen molar-refractivity contribution in [1.29, 1.82) is 0 Å². The Bertz CT molecular complexity index is 222. The van der Waals surface area contributed by atoms with Crippen LogP contribution in [0.3, 0.4) is 0 Å². The zero-order valence-electron chi connectivity index (χ0n) is 11.4. The standard InChI is InChI=1S/C14H28N2O/c1-11(2)10-13(15)14(17)16-9-5-8-12-6-3-4-7-12/h11-13H,3-10,15H2,1-2H3,(H,16,17)/t13-/m0/s1. The second kappa shape index (κ2) is 7.70. The Kier molecular flexibility index (Phi) is 6.56. The number of carbonyl (C=O) groups is 1. The third-order valence-electron chi connectivity index (χ3n) is 3.63. The monoisotopic (exact) mass is 240 g/mol. The maximum Gasteiger partial charge on any atom is 0.236 e. The van der Waals surface area contributed by atoms with E-state index in [2.05, 4.69) is 19.2 Å². The second-order valence-electron chi connectivity index (χ2n) is 5.82. The summed E-state index contributed by atoms with van der Waals surface area (Å²) < 4.78 is 0. The SMILES string of the molecule is CC(C)C[C@H](N)C(=O)NCCCC1CCCC1. The lowest BCUT2D eigenvalue weighted by Crippen LogP contribution is -2.41. The molecule has 0 saturated heterocycles. The molecule has 3 N–H and O–H groups in total. The molecule has 0 aliphatic heterocycles. The molecule has 0 radical (unpaired) electrons. The molecule has 1 aliphatic carbocycles. The van der Waals surface area contributed by atoms with Gasteiger partial charge in [0.15, 0.2) is 0 Å². The Morgan fingerprint density at radius 3 is 2.59 bits per heavy atom. The lowest BCUT2D eigenvalue weighted by atomic mass is 10.0. The highest BCUT2D eigenvalue weighted by Gasteiger charge is 2.16. The van der Waals surface area contributed by atoms with Gasteiger partial charge in [-0.15, -0.1) is 0 Å². The Morgan fingerprint density at radius 1 is 1.35 bits per heavy atom. The molecule has 0 bridgehead atoms. The van der Waals surface area contributed by atoms with Crippen molar-refractivity contribution in [2.45, 2.75) is 64.8 Å². The van der Waals surface area contributed by atoms with Gasteiger partial charge in [-0.1, -0.05) is 39.5 Å².